The highest BCUT2D eigenvalue weighted by atomic mass is 16.6. The van der Waals surface area contributed by atoms with Gasteiger partial charge in [-0.2, -0.15) is 0 Å². The minimum atomic E-state index is -0.489. The number of rotatable bonds is 5. The summed E-state index contributed by atoms with van der Waals surface area (Å²) in [6.45, 7) is 3.48. The second-order valence-electron chi connectivity index (χ2n) is 2.74. The zero-order valence-electron chi connectivity index (χ0n) is 8.66. The molecule has 1 rings (SSSR count). The molecule has 4 heteroatoms. The first-order valence-corrected chi connectivity index (χ1v) is 4.83. The summed E-state index contributed by atoms with van der Waals surface area (Å²) in [5.41, 5.74) is 0. The molecular formula is C11H14NO3. The zero-order valence-corrected chi connectivity index (χ0v) is 8.66. The van der Waals surface area contributed by atoms with Crippen LogP contribution in [0.3, 0.4) is 0 Å². The number of nitrogens with one attached hydrogen (secondary N) is 1. The number of carbonyl (C=O) groups excluding carboxylic acids is 1. The van der Waals surface area contributed by atoms with Gasteiger partial charge in [0.15, 0.2) is 0 Å². The molecule has 15 heavy (non-hydrogen) atoms. The van der Waals surface area contributed by atoms with Gasteiger partial charge >= 0.3 is 6.09 Å². The summed E-state index contributed by atoms with van der Waals surface area (Å²) in [5.74, 6) is 0.409. The standard InChI is InChI=1S/C11H14NO3/c1-2-14-9-8-12-11(13)15-10-6-4-3-5-7-10/h3-6H,2,8-9H2,1H3,(H,12,13). The monoisotopic (exact) mass is 208 g/mol. The molecule has 0 saturated carbocycles. The van der Waals surface area contributed by atoms with E-state index in [9.17, 15) is 4.79 Å². The van der Waals surface area contributed by atoms with Crippen LogP contribution in [0.4, 0.5) is 4.79 Å². The van der Waals surface area contributed by atoms with E-state index in [1.165, 1.54) is 0 Å². The lowest BCUT2D eigenvalue weighted by Crippen LogP contribution is -2.30. The van der Waals surface area contributed by atoms with Crippen LogP contribution in [0.2, 0.25) is 0 Å². The Balaban J connectivity index is 2.19. The number of carbonyl (C=O) groups is 1. The quantitative estimate of drug-likeness (QED) is 0.748. The van der Waals surface area contributed by atoms with Crippen molar-refractivity contribution in [3.05, 3.63) is 30.3 Å². The molecule has 0 unspecified atom stereocenters. The summed E-state index contributed by atoms with van der Waals surface area (Å²) in [5, 5.41) is 2.56. The van der Waals surface area contributed by atoms with E-state index in [4.69, 9.17) is 9.47 Å². The molecule has 0 fully saturated rings. The number of para-hydroxylation sites is 1. The highest BCUT2D eigenvalue weighted by Gasteiger charge is 2.01. The Hall–Kier alpha value is -1.55. The van der Waals surface area contributed by atoms with E-state index < -0.39 is 6.09 Å². The number of hydrogen-bond acceptors (Lipinski definition) is 3. The first-order valence-electron chi connectivity index (χ1n) is 4.83. The number of benzene rings is 1. The maximum Gasteiger partial charge on any atom is 0.412 e. The summed E-state index contributed by atoms with van der Waals surface area (Å²) in [6, 6.07) is 9.72. The highest BCUT2D eigenvalue weighted by molar-refractivity contribution is 5.70. The van der Waals surface area contributed by atoms with Crippen LogP contribution in [-0.4, -0.2) is 25.9 Å². The lowest BCUT2D eigenvalue weighted by Gasteiger charge is -2.05. The maximum atomic E-state index is 11.2. The Morgan fingerprint density at radius 2 is 2.40 bits per heavy atom. The summed E-state index contributed by atoms with van der Waals surface area (Å²) in [7, 11) is 0. The van der Waals surface area contributed by atoms with E-state index in [1.807, 2.05) is 6.92 Å². The molecule has 0 heterocycles. The topological polar surface area (TPSA) is 47.6 Å². The van der Waals surface area contributed by atoms with E-state index >= 15 is 0 Å². The van der Waals surface area contributed by atoms with Gasteiger partial charge in [0.1, 0.15) is 5.75 Å². The molecule has 0 aliphatic heterocycles. The summed E-state index contributed by atoms with van der Waals surface area (Å²) >= 11 is 0. The molecule has 1 N–H and O–H groups in total. The van der Waals surface area contributed by atoms with Crippen molar-refractivity contribution in [1.82, 2.24) is 5.32 Å². The largest absolute Gasteiger partial charge is 0.412 e. The lowest BCUT2D eigenvalue weighted by atomic mass is 10.3. The molecule has 0 aromatic heterocycles. The first kappa shape index (κ1) is 11.5. The van der Waals surface area contributed by atoms with Gasteiger partial charge in [0.2, 0.25) is 0 Å². The van der Waals surface area contributed by atoms with Gasteiger partial charge in [-0.15, -0.1) is 0 Å². The van der Waals surface area contributed by atoms with Crippen LogP contribution >= 0.6 is 0 Å². The van der Waals surface area contributed by atoms with Crippen LogP contribution in [0.1, 0.15) is 6.92 Å². The molecule has 1 aromatic carbocycles. The molecule has 81 valence electrons. The zero-order chi connectivity index (χ0) is 10.9. The van der Waals surface area contributed by atoms with Gasteiger partial charge in [0.25, 0.3) is 0 Å². The van der Waals surface area contributed by atoms with E-state index in [2.05, 4.69) is 11.4 Å². The molecular weight excluding hydrogens is 194 g/mol. The smallest absolute Gasteiger partial charge is 0.410 e. The molecule has 0 saturated heterocycles. The Morgan fingerprint density at radius 1 is 1.53 bits per heavy atom. The van der Waals surface area contributed by atoms with Crippen LogP contribution in [0.25, 0.3) is 0 Å². The van der Waals surface area contributed by atoms with Gasteiger partial charge < -0.3 is 14.8 Å². The van der Waals surface area contributed by atoms with Crippen LogP contribution in [0.5, 0.6) is 5.75 Å². The Morgan fingerprint density at radius 3 is 3.07 bits per heavy atom. The van der Waals surface area contributed by atoms with Gasteiger partial charge in [-0.05, 0) is 13.0 Å². The second kappa shape index (κ2) is 6.84. The molecule has 0 aliphatic rings. The average molecular weight is 208 g/mol. The molecule has 1 aromatic rings. The molecule has 0 aliphatic carbocycles. The van der Waals surface area contributed by atoms with Crippen molar-refractivity contribution < 1.29 is 14.3 Å². The summed E-state index contributed by atoms with van der Waals surface area (Å²) in [6.07, 6.45) is -0.489. The Kier molecular flexibility index (Phi) is 5.25. The normalized spacial score (nSPS) is 9.67. The van der Waals surface area contributed by atoms with Crippen molar-refractivity contribution in [3.63, 3.8) is 0 Å². The van der Waals surface area contributed by atoms with Crippen LogP contribution in [0.15, 0.2) is 24.3 Å². The van der Waals surface area contributed by atoms with Gasteiger partial charge in [0.05, 0.1) is 6.61 Å². The molecule has 0 atom stereocenters. The van der Waals surface area contributed by atoms with E-state index in [0.29, 0.717) is 25.5 Å². The molecule has 4 nitrogen and oxygen atoms in total. The molecule has 1 amide bonds. The van der Waals surface area contributed by atoms with Crippen LogP contribution in [-0.2, 0) is 4.74 Å². The van der Waals surface area contributed by atoms with Crippen LogP contribution < -0.4 is 10.1 Å². The van der Waals surface area contributed by atoms with E-state index in [-0.39, 0.29) is 0 Å². The highest BCUT2D eigenvalue weighted by Crippen LogP contribution is 2.06. The Labute approximate surface area is 89.2 Å². The van der Waals surface area contributed by atoms with Gasteiger partial charge in [-0.3, -0.25) is 0 Å². The number of hydrogen-bond donors (Lipinski definition) is 1. The minimum absolute atomic E-state index is 0.409. The van der Waals surface area contributed by atoms with E-state index in [0.717, 1.165) is 0 Å². The SMILES string of the molecule is CCOCCNC(=O)Oc1[c]cccc1. The average Bonchev–Trinajstić information content (AvgIpc) is 2.26. The third kappa shape index (κ3) is 5.02. The second-order valence-corrected chi connectivity index (χ2v) is 2.74. The third-order valence-corrected chi connectivity index (χ3v) is 1.60. The summed E-state index contributed by atoms with van der Waals surface area (Å²) in [4.78, 5) is 11.2. The predicted octanol–water partition coefficient (Wildman–Crippen LogP) is 1.61. The van der Waals surface area contributed by atoms with Gasteiger partial charge in [-0.1, -0.05) is 18.2 Å². The first-order chi connectivity index (χ1) is 7.33. The van der Waals surface area contributed by atoms with Crippen molar-refractivity contribution >= 4 is 6.09 Å². The van der Waals surface area contributed by atoms with Gasteiger partial charge in [0, 0.05) is 19.2 Å². The van der Waals surface area contributed by atoms with Crippen molar-refractivity contribution in [2.45, 2.75) is 6.92 Å². The number of amides is 1. The number of ether oxygens (including phenoxy) is 2. The van der Waals surface area contributed by atoms with E-state index in [1.54, 1.807) is 24.3 Å². The fourth-order valence-corrected chi connectivity index (χ4v) is 0.946. The fraction of sp³-hybridized carbons (Fsp3) is 0.364. The minimum Gasteiger partial charge on any atom is -0.410 e. The van der Waals surface area contributed by atoms with Crippen molar-refractivity contribution in [2.75, 3.05) is 19.8 Å². The maximum absolute atomic E-state index is 11.2. The van der Waals surface area contributed by atoms with Gasteiger partial charge in [-0.25, -0.2) is 4.79 Å². The summed E-state index contributed by atoms with van der Waals surface area (Å²) < 4.78 is 9.99. The fourth-order valence-electron chi connectivity index (χ4n) is 0.946. The van der Waals surface area contributed by atoms with Crippen molar-refractivity contribution in [3.8, 4) is 5.75 Å². The lowest BCUT2D eigenvalue weighted by molar-refractivity contribution is 0.145. The van der Waals surface area contributed by atoms with Crippen LogP contribution in [0, 0.1) is 6.07 Å². The molecule has 0 bridgehead atoms. The molecule has 0 spiro atoms. The van der Waals surface area contributed by atoms with Crippen molar-refractivity contribution in [1.29, 1.82) is 0 Å². The predicted molar refractivity (Wildman–Crippen MR) is 55.8 cm³/mol. The Bertz CT molecular complexity index is 287. The molecule has 1 radical (unpaired) electrons. The third-order valence-electron chi connectivity index (χ3n) is 1.60. The van der Waals surface area contributed by atoms with Crippen molar-refractivity contribution in [2.24, 2.45) is 0 Å².